The third-order valence-electron chi connectivity index (χ3n) is 2.38. The molecule has 1 rings (SSSR count). The van der Waals surface area contributed by atoms with Gasteiger partial charge in [-0.3, -0.25) is 4.21 Å². The van der Waals surface area contributed by atoms with Crippen molar-refractivity contribution in [1.29, 1.82) is 0 Å². The van der Waals surface area contributed by atoms with Gasteiger partial charge in [0.1, 0.15) is 0 Å². The van der Waals surface area contributed by atoms with Crippen LogP contribution in [0.3, 0.4) is 0 Å². The van der Waals surface area contributed by atoms with E-state index in [2.05, 4.69) is 5.32 Å². The van der Waals surface area contributed by atoms with Crippen LogP contribution < -0.4 is 5.32 Å². The Labute approximate surface area is 104 Å². The van der Waals surface area contributed by atoms with Crippen LogP contribution in [-0.4, -0.2) is 33.3 Å². The highest BCUT2D eigenvalue weighted by molar-refractivity contribution is 7.84. The van der Waals surface area contributed by atoms with Gasteiger partial charge in [-0.2, -0.15) is 0 Å². The maximum atomic E-state index is 10.9. The summed E-state index contributed by atoms with van der Waals surface area (Å²) in [7, 11) is -0.772. The highest BCUT2D eigenvalue weighted by Gasteiger charge is 2.05. The fraction of sp³-hybridized carbons (Fsp3) is 0.417. The lowest BCUT2D eigenvalue weighted by molar-refractivity contribution is 0.0697. The molecule has 0 aliphatic heterocycles. The summed E-state index contributed by atoms with van der Waals surface area (Å²) in [5.74, 6) is -0.257. The molecule has 2 unspecified atom stereocenters. The minimum atomic E-state index is -0.925. The molecule has 17 heavy (non-hydrogen) atoms. The number of carboxylic acids is 1. The molecular weight excluding hydrogens is 238 g/mol. The average molecular weight is 255 g/mol. The second kappa shape index (κ2) is 6.39. The first-order chi connectivity index (χ1) is 7.99. The molecule has 0 aliphatic rings. The Morgan fingerprint density at radius 2 is 2.00 bits per heavy atom. The second-order valence-corrected chi connectivity index (χ2v) is 5.55. The lowest BCUT2D eigenvalue weighted by atomic mass is 10.2. The maximum Gasteiger partial charge on any atom is 0.335 e. The SMILES string of the molecule is CC(CCS(C)=O)Nc1ccc(C(=O)O)cc1. The number of carbonyl (C=O) groups is 1. The molecule has 94 valence electrons. The van der Waals surface area contributed by atoms with E-state index in [1.54, 1.807) is 30.5 Å². The molecule has 0 saturated heterocycles. The minimum absolute atomic E-state index is 0.217. The van der Waals surface area contributed by atoms with Crippen molar-refractivity contribution in [1.82, 2.24) is 0 Å². The topological polar surface area (TPSA) is 66.4 Å². The zero-order valence-electron chi connectivity index (χ0n) is 9.97. The Kier molecular flexibility index (Phi) is 5.15. The first kappa shape index (κ1) is 13.7. The predicted octanol–water partition coefficient (Wildman–Crippen LogP) is 1.95. The van der Waals surface area contributed by atoms with Crippen LogP contribution in [0.4, 0.5) is 5.69 Å². The number of hydrogen-bond donors (Lipinski definition) is 2. The quantitative estimate of drug-likeness (QED) is 0.815. The van der Waals surface area contributed by atoms with Crippen LogP contribution >= 0.6 is 0 Å². The van der Waals surface area contributed by atoms with Gasteiger partial charge in [-0.05, 0) is 37.6 Å². The van der Waals surface area contributed by atoms with Crippen LogP contribution in [-0.2, 0) is 10.8 Å². The van der Waals surface area contributed by atoms with E-state index in [0.717, 1.165) is 12.1 Å². The van der Waals surface area contributed by atoms with Crippen molar-refractivity contribution in [2.24, 2.45) is 0 Å². The standard InChI is InChI=1S/C12H17NO3S/c1-9(7-8-17(2)16)13-11-5-3-10(4-6-11)12(14)15/h3-6,9,13H,7-8H2,1-2H3,(H,14,15). The van der Waals surface area contributed by atoms with Crippen LogP contribution in [0.25, 0.3) is 0 Å². The number of hydrogen-bond acceptors (Lipinski definition) is 3. The Balaban J connectivity index is 2.51. The van der Waals surface area contributed by atoms with Crippen molar-refractivity contribution < 1.29 is 14.1 Å². The number of carboxylic acid groups (broad SMARTS) is 1. The van der Waals surface area contributed by atoms with E-state index < -0.39 is 16.8 Å². The molecule has 4 nitrogen and oxygen atoms in total. The summed E-state index contributed by atoms with van der Waals surface area (Å²) < 4.78 is 10.9. The van der Waals surface area contributed by atoms with Gasteiger partial charge in [-0.25, -0.2) is 4.79 Å². The zero-order valence-corrected chi connectivity index (χ0v) is 10.8. The molecule has 0 saturated carbocycles. The van der Waals surface area contributed by atoms with Crippen molar-refractivity contribution in [3.8, 4) is 0 Å². The van der Waals surface area contributed by atoms with Gasteiger partial charge in [0.2, 0.25) is 0 Å². The van der Waals surface area contributed by atoms with Crippen LogP contribution in [0.5, 0.6) is 0 Å². The lowest BCUT2D eigenvalue weighted by Gasteiger charge is -2.14. The van der Waals surface area contributed by atoms with Gasteiger partial charge in [0.05, 0.1) is 5.56 Å². The Morgan fingerprint density at radius 3 is 2.47 bits per heavy atom. The molecule has 0 aromatic heterocycles. The fourth-order valence-electron chi connectivity index (χ4n) is 1.41. The summed E-state index contributed by atoms with van der Waals surface area (Å²) in [6, 6.07) is 6.82. The highest BCUT2D eigenvalue weighted by atomic mass is 32.2. The minimum Gasteiger partial charge on any atom is -0.478 e. The van der Waals surface area contributed by atoms with E-state index >= 15 is 0 Å². The van der Waals surface area contributed by atoms with Gasteiger partial charge < -0.3 is 10.4 Å². The molecule has 0 fully saturated rings. The summed E-state index contributed by atoms with van der Waals surface area (Å²) in [5, 5.41) is 12.0. The Morgan fingerprint density at radius 1 is 1.41 bits per heavy atom. The van der Waals surface area contributed by atoms with Gasteiger partial charge in [-0.15, -0.1) is 0 Å². The van der Waals surface area contributed by atoms with Gasteiger partial charge in [0.15, 0.2) is 0 Å². The number of rotatable bonds is 6. The van der Waals surface area contributed by atoms with Crippen LogP contribution in [0.15, 0.2) is 24.3 Å². The fourth-order valence-corrected chi connectivity index (χ4v) is 2.09. The van der Waals surface area contributed by atoms with E-state index in [0.29, 0.717) is 5.75 Å². The molecule has 0 amide bonds. The summed E-state index contributed by atoms with van der Waals surface area (Å²) in [6.07, 6.45) is 2.51. The number of benzene rings is 1. The Bertz CT molecular complexity index is 403. The van der Waals surface area contributed by atoms with Gasteiger partial charge >= 0.3 is 5.97 Å². The van der Waals surface area contributed by atoms with Crippen LogP contribution in [0.1, 0.15) is 23.7 Å². The van der Waals surface area contributed by atoms with Crippen molar-refractivity contribution >= 4 is 22.5 Å². The maximum absolute atomic E-state index is 10.9. The van der Waals surface area contributed by atoms with E-state index in [1.165, 1.54) is 0 Å². The molecule has 5 heteroatoms. The normalized spacial score (nSPS) is 14.0. The van der Waals surface area contributed by atoms with Gasteiger partial charge in [0, 0.05) is 34.5 Å². The summed E-state index contributed by atoms with van der Waals surface area (Å²) in [4.78, 5) is 10.7. The summed E-state index contributed by atoms with van der Waals surface area (Å²) in [6.45, 7) is 2.01. The average Bonchev–Trinajstić information content (AvgIpc) is 2.27. The predicted molar refractivity (Wildman–Crippen MR) is 70.0 cm³/mol. The lowest BCUT2D eigenvalue weighted by Crippen LogP contribution is -2.17. The van der Waals surface area contributed by atoms with Crippen molar-refractivity contribution in [2.75, 3.05) is 17.3 Å². The molecule has 2 atom stereocenters. The zero-order chi connectivity index (χ0) is 12.8. The molecule has 1 aromatic carbocycles. The van der Waals surface area contributed by atoms with Gasteiger partial charge in [0.25, 0.3) is 0 Å². The van der Waals surface area contributed by atoms with Gasteiger partial charge in [-0.1, -0.05) is 0 Å². The van der Waals surface area contributed by atoms with E-state index in [1.807, 2.05) is 6.92 Å². The van der Waals surface area contributed by atoms with Crippen molar-refractivity contribution in [3.05, 3.63) is 29.8 Å². The summed E-state index contributed by atoms with van der Waals surface area (Å²) in [5.41, 5.74) is 1.15. The number of aromatic carboxylic acids is 1. The summed E-state index contributed by atoms with van der Waals surface area (Å²) >= 11 is 0. The Hall–Kier alpha value is -1.36. The molecule has 0 spiro atoms. The number of anilines is 1. The van der Waals surface area contributed by atoms with E-state index in [-0.39, 0.29) is 11.6 Å². The molecule has 0 bridgehead atoms. The van der Waals surface area contributed by atoms with E-state index in [4.69, 9.17) is 5.11 Å². The molecule has 0 aliphatic carbocycles. The van der Waals surface area contributed by atoms with Crippen LogP contribution in [0.2, 0.25) is 0 Å². The van der Waals surface area contributed by atoms with E-state index in [9.17, 15) is 9.00 Å². The van der Waals surface area contributed by atoms with Crippen molar-refractivity contribution in [3.63, 3.8) is 0 Å². The monoisotopic (exact) mass is 255 g/mol. The third kappa shape index (κ3) is 4.99. The highest BCUT2D eigenvalue weighted by Crippen LogP contribution is 2.11. The molecule has 0 radical (unpaired) electrons. The third-order valence-corrected chi connectivity index (χ3v) is 3.19. The first-order valence-electron chi connectivity index (χ1n) is 5.39. The van der Waals surface area contributed by atoms with Crippen LogP contribution in [0, 0.1) is 0 Å². The molecule has 0 heterocycles. The molecule has 1 aromatic rings. The largest absolute Gasteiger partial charge is 0.478 e. The molecular formula is C12H17NO3S. The second-order valence-electron chi connectivity index (χ2n) is 3.99. The smallest absolute Gasteiger partial charge is 0.335 e. The first-order valence-corrected chi connectivity index (χ1v) is 7.11. The van der Waals surface area contributed by atoms with Crippen molar-refractivity contribution in [2.45, 2.75) is 19.4 Å². The number of nitrogens with one attached hydrogen (secondary N) is 1. The molecule has 2 N–H and O–H groups in total.